The van der Waals surface area contributed by atoms with Crippen LogP contribution in [0.15, 0.2) is 48.1 Å². The van der Waals surface area contributed by atoms with E-state index < -0.39 is 47.7 Å². The van der Waals surface area contributed by atoms with Crippen molar-refractivity contribution >= 4 is 18.0 Å². The highest BCUT2D eigenvalue weighted by molar-refractivity contribution is 5.87. The molecular weight excluding hydrogens is 604 g/mol. The Hall–Kier alpha value is -2.48. The second-order valence-corrected chi connectivity index (χ2v) is 18.0. The average Bonchev–Trinajstić information content (AvgIpc) is 3.01. The van der Waals surface area contributed by atoms with Gasteiger partial charge in [0.25, 0.3) is 0 Å². The molecule has 3 N–H and O–H groups in total. The van der Waals surface area contributed by atoms with Crippen molar-refractivity contribution in [3.63, 3.8) is 0 Å². The summed E-state index contributed by atoms with van der Waals surface area (Å²) in [7, 11) is 0. The van der Waals surface area contributed by atoms with Crippen LogP contribution in [0.1, 0.15) is 106 Å². The molecular formula is C41H58O7. The number of carbonyl (C=O) groups excluding carboxylic acids is 2. The Balaban J connectivity index is 1.40. The fourth-order valence-electron chi connectivity index (χ4n) is 12.3. The molecule has 4 saturated carbocycles. The highest BCUT2D eigenvalue weighted by Gasteiger charge is 2.73. The number of aliphatic hydroxyl groups is 3. The van der Waals surface area contributed by atoms with Crippen LogP contribution >= 0.6 is 0 Å². The minimum atomic E-state index is -1.26. The molecule has 0 radical (unpaired) electrons. The Morgan fingerprint density at radius 3 is 2.25 bits per heavy atom. The number of ether oxygens (including phenoxy) is 2. The maximum absolute atomic E-state index is 13.2. The molecule has 0 aromatic heterocycles. The summed E-state index contributed by atoms with van der Waals surface area (Å²) in [4.78, 5) is 26.0. The Labute approximate surface area is 287 Å². The van der Waals surface area contributed by atoms with Gasteiger partial charge in [0.15, 0.2) is 0 Å². The molecule has 7 heteroatoms. The van der Waals surface area contributed by atoms with E-state index in [9.17, 15) is 24.9 Å². The lowest BCUT2D eigenvalue weighted by atomic mass is 9.33. The maximum Gasteiger partial charge on any atom is 0.331 e. The number of hydrogen-bond donors (Lipinski definition) is 3. The van der Waals surface area contributed by atoms with Gasteiger partial charge in [0.2, 0.25) is 0 Å². The van der Waals surface area contributed by atoms with Crippen LogP contribution in [0.4, 0.5) is 0 Å². The first-order valence-corrected chi connectivity index (χ1v) is 18.2. The summed E-state index contributed by atoms with van der Waals surface area (Å²) in [5.41, 5.74) is -0.368. The van der Waals surface area contributed by atoms with Gasteiger partial charge < -0.3 is 24.8 Å². The van der Waals surface area contributed by atoms with Crippen molar-refractivity contribution in [1.29, 1.82) is 0 Å². The predicted octanol–water partition coefficient (Wildman–Crippen LogP) is 6.89. The summed E-state index contributed by atoms with van der Waals surface area (Å²) in [6, 6.07) is 9.48. The number of benzene rings is 1. The highest BCUT2D eigenvalue weighted by atomic mass is 16.6. The Kier molecular flexibility index (Phi) is 8.69. The quantitative estimate of drug-likeness (QED) is 0.179. The third kappa shape index (κ3) is 4.99. The molecule has 0 amide bonds. The molecule has 0 unspecified atom stereocenters. The van der Waals surface area contributed by atoms with E-state index >= 15 is 0 Å². The minimum absolute atomic E-state index is 0.0428. The van der Waals surface area contributed by atoms with E-state index in [1.165, 1.54) is 18.6 Å². The van der Waals surface area contributed by atoms with Crippen LogP contribution in [0, 0.1) is 50.2 Å². The number of aliphatic hydroxyl groups excluding tert-OH is 3. The summed E-state index contributed by atoms with van der Waals surface area (Å²) in [5.74, 6) is -0.523. The first-order chi connectivity index (χ1) is 22.4. The van der Waals surface area contributed by atoms with Gasteiger partial charge in [-0.2, -0.15) is 0 Å². The molecule has 5 aliphatic carbocycles. The molecule has 0 aliphatic heterocycles. The van der Waals surface area contributed by atoms with Crippen LogP contribution < -0.4 is 0 Å². The monoisotopic (exact) mass is 662 g/mol. The third-order valence-electron chi connectivity index (χ3n) is 15.1. The number of fused-ring (bicyclic) bond motifs is 7. The van der Waals surface area contributed by atoms with E-state index in [1.807, 2.05) is 44.2 Å². The largest absolute Gasteiger partial charge is 0.462 e. The minimum Gasteiger partial charge on any atom is -0.462 e. The van der Waals surface area contributed by atoms with Crippen LogP contribution in [0.5, 0.6) is 0 Å². The van der Waals surface area contributed by atoms with Crippen LogP contribution in [0.2, 0.25) is 0 Å². The van der Waals surface area contributed by atoms with Gasteiger partial charge in [-0.15, -0.1) is 0 Å². The van der Waals surface area contributed by atoms with E-state index in [4.69, 9.17) is 9.47 Å². The van der Waals surface area contributed by atoms with Crippen molar-refractivity contribution in [2.75, 3.05) is 6.61 Å². The molecule has 0 bridgehead atoms. The van der Waals surface area contributed by atoms with Crippen molar-refractivity contribution in [1.82, 2.24) is 0 Å². The van der Waals surface area contributed by atoms with Gasteiger partial charge in [-0.3, -0.25) is 4.79 Å². The summed E-state index contributed by atoms with van der Waals surface area (Å²) >= 11 is 0. The summed E-state index contributed by atoms with van der Waals surface area (Å²) in [5, 5.41) is 34.9. The third-order valence-corrected chi connectivity index (χ3v) is 15.1. The molecule has 264 valence electrons. The molecule has 0 heterocycles. The smallest absolute Gasteiger partial charge is 0.331 e. The van der Waals surface area contributed by atoms with E-state index in [0.29, 0.717) is 24.7 Å². The van der Waals surface area contributed by atoms with Crippen LogP contribution in [0.25, 0.3) is 6.08 Å². The molecule has 7 nitrogen and oxygen atoms in total. The molecule has 5 aliphatic rings. The lowest BCUT2D eigenvalue weighted by Crippen LogP contribution is -2.72. The normalized spacial score (nSPS) is 44.3. The molecule has 1 aromatic rings. The molecule has 1 aromatic carbocycles. The first kappa shape index (κ1) is 35.3. The van der Waals surface area contributed by atoms with E-state index in [-0.39, 0.29) is 33.7 Å². The van der Waals surface area contributed by atoms with Crippen molar-refractivity contribution in [3.8, 4) is 0 Å². The van der Waals surface area contributed by atoms with Gasteiger partial charge in [0.1, 0.15) is 18.3 Å². The predicted molar refractivity (Wildman–Crippen MR) is 185 cm³/mol. The summed E-state index contributed by atoms with van der Waals surface area (Å²) in [6.45, 7) is 16.8. The van der Waals surface area contributed by atoms with Crippen LogP contribution in [0.3, 0.4) is 0 Å². The summed E-state index contributed by atoms with van der Waals surface area (Å²) < 4.78 is 12.3. The van der Waals surface area contributed by atoms with Crippen molar-refractivity contribution in [2.24, 2.45) is 50.2 Å². The standard InChI is InChI=1S/C41H58O7/c1-25(43)47-32-23-40(8)27(15-16-30-38(6)20-19-31(44)37(4,5)29(38)18-21-39(30,40)7)28-22-36(2,3)35(34(46)41(28,32)24-42)48-33(45)17-14-26-12-10-9-11-13-26/h9-15,17,28-32,34-35,42,44,46H,16,18-24H2,1-8H3/b17-14+/t28-,29-,30+,31-,32+,34-,35-,38-,39+,40+,41-/m0/s1. The zero-order valence-electron chi connectivity index (χ0n) is 30.3. The maximum atomic E-state index is 13.2. The van der Waals surface area contributed by atoms with Crippen LogP contribution in [-0.4, -0.2) is 58.3 Å². The zero-order valence-corrected chi connectivity index (χ0v) is 30.3. The van der Waals surface area contributed by atoms with Gasteiger partial charge in [0, 0.05) is 18.4 Å². The fraction of sp³-hybridized carbons (Fsp3) is 0.707. The second kappa shape index (κ2) is 11.8. The van der Waals surface area contributed by atoms with Gasteiger partial charge in [-0.25, -0.2) is 4.79 Å². The molecule has 4 fully saturated rings. The molecule has 48 heavy (non-hydrogen) atoms. The first-order valence-electron chi connectivity index (χ1n) is 18.2. The fourth-order valence-corrected chi connectivity index (χ4v) is 12.3. The lowest BCUT2D eigenvalue weighted by molar-refractivity contribution is -0.264. The molecule has 0 saturated heterocycles. The average molecular weight is 663 g/mol. The van der Waals surface area contributed by atoms with Gasteiger partial charge in [-0.05, 0) is 96.0 Å². The number of hydrogen-bond acceptors (Lipinski definition) is 7. The van der Waals surface area contributed by atoms with Crippen LogP contribution in [-0.2, 0) is 19.1 Å². The number of rotatable bonds is 5. The van der Waals surface area contributed by atoms with Crippen molar-refractivity contribution in [2.45, 2.75) is 125 Å². The van der Waals surface area contributed by atoms with E-state index in [0.717, 1.165) is 37.7 Å². The number of allylic oxidation sites excluding steroid dienone is 2. The van der Waals surface area contributed by atoms with E-state index in [2.05, 4.69) is 40.7 Å². The number of carbonyl (C=O) groups is 2. The SMILES string of the molecule is CC(=O)O[C@@H]1C[C@]2(C)C(=CC[C@@H]3[C@@]4(C)CC[C@H](O)C(C)(C)[C@@H]4CC[C@]32C)[C@@H]2CC(C)(C)[C@@H](OC(=O)/C=C/c3ccccc3)[C@H](O)[C@]12CO. The molecule has 11 atom stereocenters. The molecule has 6 rings (SSSR count). The number of esters is 2. The Morgan fingerprint density at radius 1 is 0.917 bits per heavy atom. The van der Waals surface area contributed by atoms with Gasteiger partial charge in [-0.1, -0.05) is 90.4 Å². The van der Waals surface area contributed by atoms with Gasteiger partial charge in [0.05, 0.1) is 18.1 Å². The molecule has 0 spiro atoms. The second-order valence-electron chi connectivity index (χ2n) is 18.0. The Bertz CT molecular complexity index is 1480. The van der Waals surface area contributed by atoms with Gasteiger partial charge >= 0.3 is 11.9 Å². The lowest BCUT2D eigenvalue weighted by Gasteiger charge is -2.72. The van der Waals surface area contributed by atoms with E-state index in [1.54, 1.807) is 6.08 Å². The topological polar surface area (TPSA) is 113 Å². The Morgan fingerprint density at radius 2 is 1.60 bits per heavy atom. The van der Waals surface area contributed by atoms with Crippen molar-refractivity contribution in [3.05, 3.63) is 53.6 Å². The summed E-state index contributed by atoms with van der Waals surface area (Å²) in [6.07, 6.45) is 7.94. The van der Waals surface area contributed by atoms with Crippen molar-refractivity contribution < 1.29 is 34.4 Å². The zero-order chi connectivity index (χ0) is 35.1. The highest BCUT2D eigenvalue weighted by Crippen LogP contribution is 2.76.